The van der Waals surface area contributed by atoms with Crippen LogP contribution in [0.2, 0.25) is 0 Å². The number of halogens is 1. The maximum absolute atomic E-state index is 10.1. The number of hydrogen-bond donors (Lipinski definition) is 0. The molecule has 0 heterocycles. The maximum atomic E-state index is 10.1. The molecule has 0 aliphatic rings. The van der Waals surface area contributed by atoms with Crippen molar-refractivity contribution in [1.82, 2.24) is 0 Å². The van der Waals surface area contributed by atoms with E-state index in [4.69, 9.17) is 0 Å². The zero-order valence-electron chi connectivity index (χ0n) is 5.13. The number of rotatable bonds is 2. The van der Waals surface area contributed by atoms with E-state index in [0.29, 0.717) is 17.4 Å². The highest BCUT2D eigenvalue weighted by Gasteiger charge is 2.05. The van der Waals surface area contributed by atoms with Crippen LogP contribution in [-0.4, -0.2) is 0 Å². The summed E-state index contributed by atoms with van der Waals surface area (Å²) in [6, 6.07) is 8.55. The van der Waals surface area contributed by atoms with Gasteiger partial charge in [-0.15, -0.1) is 0 Å². The van der Waals surface area contributed by atoms with Crippen LogP contribution in [0.25, 0.3) is 0 Å². The van der Waals surface area contributed by atoms with Crippen LogP contribution in [0.1, 0.15) is 5.56 Å². The molecule has 51 valence electrons. The first-order valence-corrected chi connectivity index (χ1v) is 4.45. The molecule has 1 nitrogen and oxygen atoms in total. The van der Waals surface area contributed by atoms with Crippen LogP contribution in [-0.2, 0) is 21.6 Å². The Labute approximate surface area is 72.1 Å². The van der Waals surface area contributed by atoms with Crippen molar-refractivity contribution in [3.05, 3.63) is 34.3 Å². The summed E-state index contributed by atoms with van der Waals surface area (Å²) >= 11 is 3.87. The predicted molar refractivity (Wildman–Crippen MR) is 44.7 cm³/mol. The van der Waals surface area contributed by atoms with E-state index >= 15 is 0 Å². The van der Waals surface area contributed by atoms with Crippen LogP contribution in [0.5, 0.6) is 0 Å². The lowest BCUT2D eigenvalue weighted by atomic mass is 10.2. The lowest BCUT2D eigenvalue weighted by Gasteiger charge is -1.90. The Morgan fingerprint density at radius 3 is 3.10 bits per heavy atom. The van der Waals surface area contributed by atoms with Crippen molar-refractivity contribution < 1.29 is 4.21 Å². The minimum Gasteiger partial charge on any atom is -0.0605 e. The van der Waals surface area contributed by atoms with E-state index in [-0.39, 0.29) is 0 Å². The van der Waals surface area contributed by atoms with Crippen molar-refractivity contribution in [2.24, 2.45) is 0 Å². The van der Waals surface area contributed by atoms with Gasteiger partial charge in [0.05, 0.1) is 0 Å². The van der Waals surface area contributed by atoms with E-state index in [2.05, 4.69) is 22.0 Å². The predicted octanol–water partition coefficient (Wildman–Crippen LogP) is 2.18. The third-order valence-electron chi connectivity index (χ3n) is 1.09. The molecule has 10 heavy (non-hydrogen) atoms. The molecular formula is C7H5BrOS+. The van der Waals surface area contributed by atoms with Gasteiger partial charge in [0.2, 0.25) is 0 Å². The largest absolute Gasteiger partial charge is 0.463 e. The first kappa shape index (κ1) is 7.82. The van der Waals surface area contributed by atoms with E-state index in [1.54, 1.807) is 6.07 Å². The summed E-state index contributed by atoms with van der Waals surface area (Å²) in [5.41, 5.74) is 0.933. The van der Waals surface area contributed by atoms with Gasteiger partial charge in [-0.05, 0) is 12.1 Å². The third kappa shape index (κ3) is 1.85. The standard InChI is InChI=1S/C7H5BrOS/c8-7-4-2-1-3-6(7)5-10-9/h1-2,4H,5H2/q+1. The fraction of sp³-hybridized carbons (Fsp3) is 0.143. The summed E-state index contributed by atoms with van der Waals surface area (Å²) in [5.74, 6) is 0.474. The first-order valence-electron chi connectivity index (χ1n) is 2.74. The summed E-state index contributed by atoms with van der Waals surface area (Å²) in [4.78, 5) is 0. The van der Waals surface area contributed by atoms with Crippen LogP contribution in [0.3, 0.4) is 0 Å². The second-order valence-corrected chi connectivity index (χ2v) is 3.14. The molecule has 0 aliphatic carbocycles. The van der Waals surface area contributed by atoms with Gasteiger partial charge in [-0.3, -0.25) is 0 Å². The molecule has 0 aromatic heterocycles. The minimum atomic E-state index is 0.474. The zero-order chi connectivity index (χ0) is 7.40. The summed E-state index contributed by atoms with van der Waals surface area (Å²) < 4.78 is 11.1. The smallest absolute Gasteiger partial charge is 0.0605 e. The highest BCUT2D eigenvalue weighted by Crippen LogP contribution is 2.14. The van der Waals surface area contributed by atoms with Gasteiger partial charge in [0.15, 0.2) is 0 Å². The molecule has 1 radical (unpaired) electrons. The molecule has 3 heteroatoms. The maximum Gasteiger partial charge on any atom is 0.463 e. The minimum absolute atomic E-state index is 0.474. The van der Waals surface area contributed by atoms with Crippen molar-refractivity contribution in [2.75, 3.05) is 0 Å². The van der Waals surface area contributed by atoms with Crippen LogP contribution >= 0.6 is 15.9 Å². The summed E-state index contributed by atoms with van der Waals surface area (Å²) in [7, 11) is 0. The van der Waals surface area contributed by atoms with Crippen molar-refractivity contribution in [1.29, 1.82) is 0 Å². The molecule has 0 amide bonds. The number of hydrogen-bond acceptors (Lipinski definition) is 1. The molecule has 1 aromatic rings. The van der Waals surface area contributed by atoms with E-state index in [1.807, 2.05) is 12.1 Å². The lowest BCUT2D eigenvalue weighted by Crippen LogP contribution is -1.82. The lowest BCUT2D eigenvalue weighted by molar-refractivity contribution is 0.604. The normalized spacial score (nSPS) is 9.30. The fourth-order valence-electron chi connectivity index (χ4n) is 0.620. The van der Waals surface area contributed by atoms with Crippen molar-refractivity contribution in [3.8, 4) is 0 Å². The molecule has 0 spiro atoms. The van der Waals surface area contributed by atoms with Gasteiger partial charge in [-0.1, -0.05) is 28.1 Å². The van der Waals surface area contributed by atoms with Crippen LogP contribution in [0.15, 0.2) is 22.7 Å². The molecule has 1 rings (SSSR count). The van der Waals surface area contributed by atoms with E-state index in [9.17, 15) is 4.21 Å². The van der Waals surface area contributed by atoms with Crippen molar-refractivity contribution in [2.45, 2.75) is 5.75 Å². The number of benzene rings is 1. The molecule has 0 atom stereocenters. The highest BCUT2D eigenvalue weighted by molar-refractivity contribution is 9.10. The topological polar surface area (TPSA) is 17.1 Å². The van der Waals surface area contributed by atoms with E-state index in [1.165, 1.54) is 0 Å². The second-order valence-electron chi connectivity index (χ2n) is 1.76. The van der Waals surface area contributed by atoms with Gasteiger partial charge < -0.3 is 0 Å². The van der Waals surface area contributed by atoms with Crippen molar-refractivity contribution >= 4 is 27.6 Å². The summed E-state index contributed by atoms with van der Waals surface area (Å²) in [6.07, 6.45) is 0. The molecule has 1 aromatic carbocycles. The quantitative estimate of drug-likeness (QED) is 0.694. The van der Waals surface area contributed by atoms with Crippen LogP contribution < -0.4 is 0 Å². The molecule has 0 saturated heterocycles. The first-order chi connectivity index (χ1) is 4.84. The van der Waals surface area contributed by atoms with Crippen molar-refractivity contribution in [3.63, 3.8) is 0 Å². The molecule has 0 unspecified atom stereocenters. The Kier molecular flexibility index (Phi) is 2.96. The van der Waals surface area contributed by atoms with Gasteiger partial charge in [-0.2, -0.15) is 0 Å². The fourth-order valence-corrected chi connectivity index (χ4v) is 1.57. The summed E-state index contributed by atoms with van der Waals surface area (Å²) in [6.45, 7) is 0. The molecule has 0 saturated carbocycles. The Morgan fingerprint density at radius 1 is 1.70 bits per heavy atom. The Hall–Kier alpha value is -0.280. The van der Waals surface area contributed by atoms with Crippen LogP contribution in [0.4, 0.5) is 0 Å². The average Bonchev–Trinajstić information content (AvgIpc) is 1.94. The van der Waals surface area contributed by atoms with E-state index < -0.39 is 0 Å². The molecular weight excluding hydrogens is 212 g/mol. The van der Waals surface area contributed by atoms with E-state index in [0.717, 1.165) is 10.0 Å². The molecule has 0 N–H and O–H groups in total. The van der Waals surface area contributed by atoms with Crippen LogP contribution in [0, 0.1) is 6.07 Å². The summed E-state index contributed by atoms with van der Waals surface area (Å²) in [5, 5.41) is 0. The highest BCUT2D eigenvalue weighted by atomic mass is 79.9. The zero-order valence-corrected chi connectivity index (χ0v) is 7.54. The third-order valence-corrected chi connectivity index (χ3v) is 2.24. The van der Waals surface area contributed by atoms with Gasteiger partial charge >= 0.3 is 11.7 Å². The average molecular weight is 217 g/mol. The van der Waals surface area contributed by atoms with Gasteiger partial charge in [0, 0.05) is 14.2 Å². The van der Waals surface area contributed by atoms with Gasteiger partial charge in [0.1, 0.15) is 0 Å². The molecule has 0 fully saturated rings. The Morgan fingerprint density at radius 2 is 2.50 bits per heavy atom. The van der Waals surface area contributed by atoms with Gasteiger partial charge in [0.25, 0.3) is 5.75 Å². The Balaban J connectivity index is 2.91. The second kappa shape index (κ2) is 3.78. The monoisotopic (exact) mass is 216 g/mol. The molecule has 0 aliphatic heterocycles. The van der Waals surface area contributed by atoms with Gasteiger partial charge in [-0.25, -0.2) is 0 Å². The Bertz CT molecular complexity index is 237. The SMILES string of the molecule is O=[S+]Cc1[c]cccc1Br. The molecule has 0 bridgehead atoms.